The van der Waals surface area contributed by atoms with Gasteiger partial charge in [-0.1, -0.05) is 18.2 Å². The molecule has 0 saturated heterocycles. The number of ether oxygens (including phenoxy) is 3. The van der Waals surface area contributed by atoms with Gasteiger partial charge in [0.05, 0.1) is 20.8 Å². The van der Waals surface area contributed by atoms with E-state index in [4.69, 9.17) is 19.9 Å². The van der Waals surface area contributed by atoms with Gasteiger partial charge in [-0.2, -0.15) is 0 Å². The van der Waals surface area contributed by atoms with Gasteiger partial charge in [0.15, 0.2) is 11.5 Å². The van der Waals surface area contributed by atoms with Crippen molar-refractivity contribution in [1.82, 2.24) is 0 Å². The van der Waals surface area contributed by atoms with E-state index in [0.29, 0.717) is 13.2 Å². The Kier molecular flexibility index (Phi) is 6.29. The smallest absolute Gasteiger partial charge is 0.161 e. The highest BCUT2D eigenvalue weighted by Crippen LogP contribution is 2.29. The molecular formula is C19H25NO3. The van der Waals surface area contributed by atoms with Crippen molar-refractivity contribution in [3.63, 3.8) is 0 Å². The van der Waals surface area contributed by atoms with E-state index in [1.807, 2.05) is 43.3 Å². The molecule has 0 aliphatic carbocycles. The maximum absolute atomic E-state index is 5.93. The van der Waals surface area contributed by atoms with Crippen LogP contribution in [0.2, 0.25) is 0 Å². The predicted molar refractivity (Wildman–Crippen MR) is 92.6 cm³/mol. The second kappa shape index (κ2) is 8.44. The molecule has 2 rings (SSSR count). The lowest BCUT2D eigenvalue weighted by Crippen LogP contribution is -2.15. The highest BCUT2D eigenvalue weighted by atomic mass is 16.5. The van der Waals surface area contributed by atoms with Crippen LogP contribution in [0.4, 0.5) is 0 Å². The van der Waals surface area contributed by atoms with Gasteiger partial charge in [-0.05, 0) is 61.2 Å². The molecule has 1 unspecified atom stereocenters. The van der Waals surface area contributed by atoms with E-state index in [0.717, 1.165) is 29.2 Å². The molecule has 0 aliphatic heterocycles. The molecular weight excluding hydrogens is 290 g/mol. The van der Waals surface area contributed by atoms with Gasteiger partial charge in [-0.3, -0.25) is 0 Å². The first-order chi connectivity index (χ1) is 11.2. The Balaban J connectivity index is 1.98. The fourth-order valence-electron chi connectivity index (χ4n) is 2.52. The molecule has 0 amide bonds. The molecule has 2 aromatic rings. The number of rotatable bonds is 8. The van der Waals surface area contributed by atoms with Crippen molar-refractivity contribution in [3.8, 4) is 17.2 Å². The minimum Gasteiger partial charge on any atom is -0.497 e. The summed E-state index contributed by atoms with van der Waals surface area (Å²) in [6.07, 6.45) is 0.834. The lowest BCUT2D eigenvalue weighted by Gasteiger charge is -2.17. The molecule has 0 bridgehead atoms. The average Bonchev–Trinajstić information content (AvgIpc) is 2.59. The molecule has 2 N–H and O–H groups in total. The van der Waals surface area contributed by atoms with Crippen molar-refractivity contribution >= 4 is 0 Å². The molecule has 0 radical (unpaired) electrons. The predicted octanol–water partition coefficient (Wildman–Crippen LogP) is 3.52. The number of hydrogen-bond donors (Lipinski definition) is 1. The number of benzene rings is 2. The Bertz CT molecular complexity index is 628. The van der Waals surface area contributed by atoms with Gasteiger partial charge < -0.3 is 19.9 Å². The van der Waals surface area contributed by atoms with Crippen molar-refractivity contribution in [1.29, 1.82) is 0 Å². The van der Waals surface area contributed by atoms with Crippen molar-refractivity contribution in [2.45, 2.75) is 19.3 Å². The molecule has 0 saturated carbocycles. The molecule has 0 spiro atoms. The Morgan fingerprint density at radius 3 is 2.52 bits per heavy atom. The number of methoxy groups -OCH3 is 2. The fourth-order valence-corrected chi connectivity index (χ4v) is 2.52. The SMILES string of the molecule is COc1cccc(C(CN)CCOc2ccc(C)cc2OC)c1. The number of aryl methyl sites for hydroxylation is 1. The number of hydrogen-bond acceptors (Lipinski definition) is 4. The zero-order chi connectivity index (χ0) is 16.7. The van der Waals surface area contributed by atoms with Gasteiger partial charge >= 0.3 is 0 Å². The van der Waals surface area contributed by atoms with E-state index in [1.165, 1.54) is 5.56 Å². The quantitative estimate of drug-likeness (QED) is 0.810. The molecule has 2 aromatic carbocycles. The highest BCUT2D eigenvalue weighted by Gasteiger charge is 2.12. The van der Waals surface area contributed by atoms with Crippen LogP contribution < -0.4 is 19.9 Å². The Morgan fingerprint density at radius 1 is 1.00 bits per heavy atom. The van der Waals surface area contributed by atoms with Crippen molar-refractivity contribution in [2.24, 2.45) is 5.73 Å². The Hall–Kier alpha value is -2.20. The lowest BCUT2D eigenvalue weighted by molar-refractivity contribution is 0.279. The largest absolute Gasteiger partial charge is 0.497 e. The van der Waals surface area contributed by atoms with Crippen LogP contribution in [-0.4, -0.2) is 27.4 Å². The minimum absolute atomic E-state index is 0.238. The Labute approximate surface area is 138 Å². The first-order valence-electron chi connectivity index (χ1n) is 7.79. The summed E-state index contributed by atoms with van der Waals surface area (Å²) in [5.41, 5.74) is 8.25. The van der Waals surface area contributed by atoms with E-state index in [2.05, 4.69) is 6.07 Å². The van der Waals surface area contributed by atoms with Gasteiger partial charge in [-0.25, -0.2) is 0 Å². The zero-order valence-electron chi connectivity index (χ0n) is 14.0. The summed E-state index contributed by atoms with van der Waals surface area (Å²) in [5.74, 6) is 2.61. The lowest BCUT2D eigenvalue weighted by atomic mass is 9.96. The summed E-state index contributed by atoms with van der Waals surface area (Å²) in [6, 6.07) is 14.0. The summed E-state index contributed by atoms with van der Waals surface area (Å²) >= 11 is 0. The molecule has 4 heteroatoms. The van der Waals surface area contributed by atoms with Crippen LogP contribution in [0.5, 0.6) is 17.2 Å². The van der Waals surface area contributed by atoms with Crippen LogP contribution >= 0.6 is 0 Å². The molecule has 0 fully saturated rings. The monoisotopic (exact) mass is 315 g/mol. The minimum atomic E-state index is 0.238. The molecule has 0 aliphatic rings. The summed E-state index contributed by atoms with van der Waals surface area (Å²) in [4.78, 5) is 0. The molecule has 124 valence electrons. The van der Waals surface area contributed by atoms with Crippen molar-refractivity contribution in [2.75, 3.05) is 27.4 Å². The van der Waals surface area contributed by atoms with Gasteiger partial charge in [0.25, 0.3) is 0 Å². The molecule has 1 atom stereocenters. The maximum Gasteiger partial charge on any atom is 0.161 e. The molecule has 0 aromatic heterocycles. The molecule has 0 heterocycles. The maximum atomic E-state index is 5.93. The van der Waals surface area contributed by atoms with E-state index < -0.39 is 0 Å². The summed E-state index contributed by atoms with van der Waals surface area (Å²) in [6.45, 7) is 3.18. The molecule has 23 heavy (non-hydrogen) atoms. The number of nitrogens with two attached hydrogens (primary N) is 1. The topological polar surface area (TPSA) is 53.7 Å². The van der Waals surface area contributed by atoms with Crippen LogP contribution in [0, 0.1) is 6.92 Å². The third kappa shape index (κ3) is 4.63. The van der Waals surface area contributed by atoms with Gasteiger partial charge in [-0.15, -0.1) is 0 Å². The Morgan fingerprint density at radius 2 is 1.83 bits per heavy atom. The zero-order valence-corrected chi connectivity index (χ0v) is 14.0. The summed E-state index contributed by atoms with van der Waals surface area (Å²) < 4.78 is 16.5. The fraction of sp³-hybridized carbons (Fsp3) is 0.368. The van der Waals surface area contributed by atoms with Crippen LogP contribution in [0.3, 0.4) is 0 Å². The van der Waals surface area contributed by atoms with E-state index in [9.17, 15) is 0 Å². The summed E-state index contributed by atoms with van der Waals surface area (Å²) in [5, 5.41) is 0. The second-order valence-corrected chi connectivity index (χ2v) is 5.50. The van der Waals surface area contributed by atoms with E-state index in [1.54, 1.807) is 14.2 Å². The molecule has 4 nitrogen and oxygen atoms in total. The average molecular weight is 315 g/mol. The van der Waals surface area contributed by atoms with Gasteiger partial charge in [0.1, 0.15) is 5.75 Å². The first kappa shape index (κ1) is 17.2. The normalized spacial score (nSPS) is 11.8. The first-order valence-corrected chi connectivity index (χ1v) is 7.79. The van der Waals surface area contributed by atoms with E-state index in [-0.39, 0.29) is 5.92 Å². The second-order valence-electron chi connectivity index (χ2n) is 5.50. The van der Waals surface area contributed by atoms with Crippen LogP contribution in [0.1, 0.15) is 23.5 Å². The van der Waals surface area contributed by atoms with Gasteiger partial charge in [0, 0.05) is 0 Å². The highest BCUT2D eigenvalue weighted by molar-refractivity contribution is 5.42. The third-order valence-electron chi connectivity index (χ3n) is 3.89. The summed E-state index contributed by atoms with van der Waals surface area (Å²) in [7, 11) is 3.32. The van der Waals surface area contributed by atoms with E-state index >= 15 is 0 Å². The van der Waals surface area contributed by atoms with Gasteiger partial charge in [0.2, 0.25) is 0 Å². The van der Waals surface area contributed by atoms with Crippen LogP contribution in [-0.2, 0) is 0 Å². The van der Waals surface area contributed by atoms with Crippen molar-refractivity contribution < 1.29 is 14.2 Å². The van der Waals surface area contributed by atoms with Crippen LogP contribution in [0.25, 0.3) is 0 Å². The van der Waals surface area contributed by atoms with Crippen molar-refractivity contribution in [3.05, 3.63) is 53.6 Å². The van der Waals surface area contributed by atoms with Crippen LogP contribution in [0.15, 0.2) is 42.5 Å². The standard InChI is InChI=1S/C19H25NO3/c1-14-7-8-18(19(11-14)22-3)23-10-9-16(13-20)15-5-4-6-17(12-15)21-2/h4-8,11-12,16H,9-10,13,20H2,1-3H3. The third-order valence-corrected chi connectivity index (χ3v) is 3.89.